The fourth-order valence-electron chi connectivity index (χ4n) is 5.45. The molecule has 1 aliphatic heterocycles. The van der Waals surface area contributed by atoms with Crippen LogP contribution in [0.2, 0.25) is 0 Å². The summed E-state index contributed by atoms with van der Waals surface area (Å²) in [5.74, 6) is 0.802. The van der Waals surface area contributed by atoms with Crippen LogP contribution < -0.4 is 5.56 Å². The van der Waals surface area contributed by atoms with Crippen molar-refractivity contribution in [3.05, 3.63) is 51.1 Å². The van der Waals surface area contributed by atoms with Gasteiger partial charge in [-0.1, -0.05) is 30.9 Å². The van der Waals surface area contributed by atoms with E-state index >= 15 is 0 Å². The molecule has 1 aliphatic carbocycles. The molecule has 2 fully saturated rings. The van der Waals surface area contributed by atoms with Gasteiger partial charge < -0.3 is 9.88 Å². The first kappa shape index (κ1) is 21.3. The normalized spacial score (nSPS) is 20.1. The van der Waals surface area contributed by atoms with Crippen LogP contribution in [0.5, 0.6) is 0 Å². The topological polar surface area (TPSA) is 82.9 Å². The van der Waals surface area contributed by atoms with Crippen LogP contribution in [0.25, 0.3) is 10.9 Å². The zero-order chi connectivity index (χ0) is 22.2. The summed E-state index contributed by atoms with van der Waals surface area (Å²) in [4.78, 5) is 21.3. The summed E-state index contributed by atoms with van der Waals surface area (Å²) in [6.07, 6.45) is 5.88. The second-order valence-electron chi connectivity index (χ2n) is 9.62. The Labute approximate surface area is 188 Å². The Morgan fingerprint density at radius 1 is 1.03 bits per heavy atom. The Bertz CT molecular complexity index is 1150. The van der Waals surface area contributed by atoms with E-state index in [-0.39, 0.29) is 11.6 Å². The third kappa shape index (κ3) is 3.97. The van der Waals surface area contributed by atoms with Gasteiger partial charge in [-0.3, -0.25) is 9.69 Å². The monoisotopic (exact) mass is 435 g/mol. The Morgan fingerprint density at radius 2 is 1.78 bits per heavy atom. The quantitative estimate of drug-likeness (QED) is 0.678. The molecule has 5 rings (SSSR count). The fraction of sp³-hybridized carbons (Fsp3) is 0.583. The summed E-state index contributed by atoms with van der Waals surface area (Å²) in [6.45, 7) is 7.83. The van der Waals surface area contributed by atoms with Crippen LogP contribution in [0.4, 0.5) is 0 Å². The molecule has 0 spiro atoms. The number of H-pyrrole nitrogens is 1. The van der Waals surface area contributed by atoms with Gasteiger partial charge >= 0.3 is 0 Å². The third-order valence-electron chi connectivity index (χ3n) is 7.20. The molecule has 1 atom stereocenters. The van der Waals surface area contributed by atoms with Crippen molar-refractivity contribution in [2.75, 3.05) is 33.2 Å². The van der Waals surface area contributed by atoms with Crippen LogP contribution >= 0.6 is 0 Å². The maximum atomic E-state index is 13.4. The molecule has 0 radical (unpaired) electrons. The molecule has 0 unspecified atom stereocenters. The Balaban J connectivity index is 1.64. The summed E-state index contributed by atoms with van der Waals surface area (Å²) in [7, 11) is 2.15. The summed E-state index contributed by atoms with van der Waals surface area (Å²) in [6, 6.07) is 6.38. The molecule has 170 valence electrons. The number of piperazine rings is 1. The predicted molar refractivity (Wildman–Crippen MR) is 125 cm³/mol. The van der Waals surface area contributed by atoms with Crippen molar-refractivity contribution >= 4 is 10.9 Å². The fourth-order valence-corrected chi connectivity index (χ4v) is 5.45. The summed E-state index contributed by atoms with van der Waals surface area (Å²) in [5.41, 5.74) is 3.88. The molecule has 1 saturated carbocycles. The maximum absolute atomic E-state index is 13.4. The number of aryl methyl sites for hydroxylation is 2. The van der Waals surface area contributed by atoms with Gasteiger partial charge in [0.05, 0.1) is 11.6 Å². The molecule has 1 N–H and O–H groups in total. The lowest BCUT2D eigenvalue weighted by Crippen LogP contribution is -2.47. The van der Waals surface area contributed by atoms with Gasteiger partial charge in [0.25, 0.3) is 5.56 Å². The molecule has 1 saturated heterocycles. The molecular formula is C24H33N7O. The molecule has 0 bridgehead atoms. The molecule has 3 heterocycles. The van der Waals surface area contributed by atoms with Gasteiger partial charge in [-0.2, -0.15) is 0 Å². The molecule has 8 heteroatoms. The minimum Gasteiger partial charge on any atom is -0.321 e. The standard InChI is InChI=1S/C24H33N7O/c1-16-13-17(2)21-18(14-16)15-20(24(32)25-21)22(30-11-9-29(3)10-12-30)23-26-27-28-31(23)19-7-5-4-6-8-19/h13-15,19,22H,4-12H2,1-3H3,(H,25,32)/t22-/m1/s1. The second-order valence-corrected chi connectivity index (χ2v) is 9.62. The van der Waals surface area contributed by atoms with E-state index in [0.717, 1.165) is 66.9 Å². The molecule has 3 aromatic rings. The SMILES string of the molecule is Cc1cc(C)c2[nH]c(=O)c([C@H](c3nnnn3C3CCCCC3)N3CCN(C)CC3)cc2c1. The van der Waals surface area contributed by atoms with Gasteiger partial charge in [0.1, 0.15) is 6.04 Å². The van der Waals surface area contributed by atoms with Crippen molar-refractivity contribution in [1.82, 2.24) is 35.0 Å². The van der Waals surface area contributed by atoms with Crippen LogP contribution in [0, 0.1) is 13.8 Å². The van der Waals surface area contributed by atoms with Gasteiger partial charge in [-0.15, -0.1) is 5.10 Å². The van der Waals surface area contributed by atoms with Crippen molar-refractivity contribution in [2.45, 2.75) is 58.0 Å². The average Bonchev–Trinajstić information content (AvgIpc) is 3.26. The maximum Gasteiger partial charge on any atom is 0.253 e. The van der Waals surface area contributed by atoms with Gasteiger partial charge in [-0.25, -0.2) is 4.68 Å². The van der Waals surface area contributed by atoms with Crippen LogP contribution in [-0.2, 0) is 0 Å². The summed E-state index contributed by atoms with van der Waals surface area (Å²) in [5, 5.41) is 14.1. The number of hydrogen-bond acceptors (Lipinski definition) is 6. The zero-order valence-corrected chi connectivity index (χ0v) is 19.3. The summed E-state index contributed by atoms with van der Waals surface area (Å²) >= 11 is 0. The highest BCUT2D eigenvalue weighted by atomic mass is 16.1. The number of benzene rings is 1. The Hall–Kier alpha value is -2.58. The minimum atomic E-state index is -0.255. The number of aromatic nitrogens is 5. The summed E-state index contributed by atoms with van der Waals surface area (Å²) < 4.78 is 2.02. The molecule has 2 aromatic heterocycles. The van der Waals surface area contributed by atoms with E-state index in [1.807, 2.05) is 11.6 Å². The largest absolute Gasteiger partial charge is 0.321 e. The van der Waals surface area contributed by atoms with Gasteiger partial charge in [0, 0.05) is 31.7 Å². The predicted octanol–water partition coefficient (Wildman–Crippen LogP) is 2.97. The zero-order valence-electron chi connectivity index (χ0n) is 19.3. The molecule has 2 aliphatic rings. The number of nitrogens with one attached hydrogen (secondary N) is 1. The van der Waals surface area contributed by atoms with E-state index in [4.69, 9.17) is 0 Å². The van der Waals surface area contributed by atoms with Crippen molar-refractivity contribution in [1.29, 1.82) is 0 Å². The number of fused-ring (bicyclic) bond motifs is 1. The van der Waals surface area contributed by atoms with Gasteiger partial charge in [-0.05, 0) is 67.2 Å². The van der Waals surface area contributed by atoms with Crippen molar-refractivity contribution in [3.63, 3.8) is 0 Å². The van der Waals surface area contributed by atoms with Gasteiger partial charge in [0.2, 0.25) is 0 Å². The third-order valence-corrected chi connectivity index (χ3v) is 7.20. The highest BCUT2D eigenvalue weighted by Gasteiger charge is 2.34. The molecule has 1 aromatic carbocycles. The van der Waals surface area contributed by atoms with Crippen molar-refractivity contribution in [2.24, 2.45) is 0 Å². The van der Waals surface area contributed by atoms with E-state index < -0.39 is 0 Å². The highest BCUT2D eigenvalue weighted by Crippen LogP contribution is 2.33. The van der Waals surface area contributed by atoms with Crippen molar-refractivity contribution in [3.8, 4) is 0 Å². The first-order valence-corrected chi connectivity index (χ1v) is 11.9. The van der Waals surface area contributed by atoms with E-state index in [1.54, 1.807) is 0 Å². The molecule has 32 heavy (non-hydrogen) atoms. The lowest BCUT2D eigenvalue weighted by molar-refractivity contribution is 0.119. The number of rotatable bonds is 4. The molecular weight excluding hydrogens is 402 g/mol. The first-order valence-electron chi connectivity index (χ1n) is 11.9. The van der Waals surface area contributed by atoms with E-state index in [9.17, 15) is 4.79 Å². The molecule has 0 amide bonds. The van der Waals surface area contributed by atoms with Crippen LogP contribution in [0.15, 0.2) is 23.0 Å². The second kappa shape index (κ2) is 8.75. The number of pyridine rings is 1. The lowest BCUT2D eigenvalue weighted by atomic mass is 9.95. The number of nitrogens with zero attached hydrogens (tertiary/aromatic N) is 6. The van der Waals surface area contributed by atoms with Crippen molar-refractivity contribution < 1.29 is 0 Å². The Kier molecular flexibility index (Phi) is 5.82. The average molecular weight is 436 g/mol. The van der Waals surface area contributed by atoms with Crippen LogP contribution in [0.3, 0.4) is 0 Å². The van der Waals surface area contributed by atoms with E-state index in [2.05, 4.69) is 62.5 Å². The number of tetrazole rings is 1. The van der Waals surface area contributed by atoms with E-state index in [1.165, 1.54) is 24.8 Å². The first-order chi connectivity index (χ1) is 15.5. The molecule has 8 nitrogen and oxygen atoms in total. The lowest BCUT2D eigenvalue weighted by Gasteiger charge is -2.37. The van der Waals surface area contributed by atoms with E-state index in [0.29, 0.717) is 6.04 Å². The smallest absolute Gasteiger partial charge is 0.253 e. The van der Waals surface area contributed by atoms with Crippen LogP contribution in [0.1, 0.15) is 66.7 Å². The Morgan fingerprint density at radius 3 is 2.53 bits per heavy atom. The van der Waals surface area contributed by atoms with Gasteiger partial charge in [0.15, 0.2) is 5.82 Å². The minimum absolute atomic E-state index is 0.0495. The number of likely N-dealkylation sites (N-methyl/N-ethyl adjacent to an activating group) is 1. The number of aromatic amines is 1. The van der Waals surface area contributed by atoms with Crippen LogP contribution in [-0.4, -0.2) is 68.2 Å². The highest BCUT2D eigenvalue weighted by molar-refractivity contribution is 5.83. The number of hydrogen-bond donors (Lipinski definition) is 1.